The molecule has 1 saturated heterocycles. The van der Waals surface area contributed by atoms with Gasteiger partial charge in [-0.25, -0.2) is 24.5 Å². The average molecular weight is 1450 g/mol. The highest BCUT2D eigenvalue weighted by atomic mass is 31.2. The van der Waals surface area contributed by atoms with E-state index in [0.29, 0.717) is 29.1 Å². The van der Waals surface area contributed by atoms with Crippen molar-refractivity contribution in [1.29, 1.82) is 5.26 Å². The number of rotatable bonds is 34. The molecular formula is C79H80N11O15P. The molecule has 4 amide bonds. The van der Waals surface area contributed by atoms with Crippen LogP contribution in [-0.4, -0.2) is 142 Å². The van der Waals surface area contributed by atoms with Gasteiger partial charge in [-0.2, -0.15) is 10.2 Å². The Labute approximate surface area is 613 Å². The zero-order valence-electron chi connectivity index (χ0n) is 58.8. The van der Waals surface area contributed by atoms with Gasteiger partial charge in [0.15, 0.2) is 17.0 Å². The number of nitrogens with zero attached hydrogens (tertiary/aromatic N) is 8. The summed E-state index contributed by atoms with van der Waals surface area (Å²) in [7, 11) is 2.43. The summed E-state index contributed by atoms with van der Waals surface area (Å²) < 4.78 is 59.4. The number of aromatic nitrogens is 6. The number of anilines is 2. The maximum absolute atomic E-state index is 13.8. The van der Waals surface area contributed by atoms with E-state index in [0.717, 1.165) is 50.1 Å². The van der Waals surface area contributed by atoms with E-state index in [2.05, 4.69) is 66.2 Å². The Kier molecular flexibility index (Phi) is 25.0. The second kappa shape index (κ2) is 35.6. The predicted molar refractivity (Wildman–Crippen MR) is 393 cm³/mol. The van der Waals surface area contributed by atoms with Crippen LogP contribution < -0.4 is 31.1 Å². The van der Waals surface area contributed by atoms with Crippen molar-refractivity contribution in [3.8, 4) is 28.7 Å². The SMILES string of the molecule is COc1ccc(C(OCC(OCn2cnc3c(NC(=O)c4ccc(CNC(=O)Cc5ccccc5)cc4)ncnc32)C(C)OP(OCCC#N)OCC2OC(n3ccc(NC(=O)CCCN(C)C(=O)OCC4c5ccccc5-c5ccccc54)nc3=O)CC2O)(c2ccccc2)c2ccc(OC)cc2)cc1. The van der Waals surface area contributed by atoms with E-state index in [1.54, 1.807) is 57.0 Å². The van der Waals surface area contributed by atoms with Gasteiger partial charge >= 0.3 is 20.4 Å². The maximum Gasteiger partial charge on any atom is 0.409 e. The average Bonchev–Trinajstić information content (AvgIpc) is 1.36. The Hall–Kier alpha value is -11.1. The van der Waals surface area contributed by atoms with Gasteiger partial charge in [0.05, 0.1) is 71.5 Å². The van der Waals surface area contributed by atoms with Crippen molar-refractivity contribution in [2.75, 3.05) is 64.9 Å². The number of benzene rings is 7. The van der Waals surface area contributed by atoms with Crippen LogP contribution in [0.5, 0.6) is 11.5 Å². The second-order valence-corrected chi connectivity index (χ2v) is 26.4. The highest BCUT2D eigenvalue weighted by molar-refractivity contribution is 7.41. The van der Waals surface area contributed by atoms with Gasteiger partial charge in [-0.15, -0.1) is 0 Å². The first kappa shape index (κ1) is 74.6. The number of imidazole rings is 1. The number of carbonyl (C=O) groups excluding carboxylic acids is 4. The second-order valence-electron chi connectivity index (χ2n) is 25.2. The summed E-state index contributed by atoms with van der Waals surface area (Å²) in [4.78, 5) is 85.3. The Balaban J connectivity index is 0.709. The lowest BCUT2D eigenvalue weighted by Crippen LogP contribution is -2.40. The minimum Gasteiger partial charge on any atom is -0.497 e. The van der Waals surface area contributed by atoms with Crippen molar-refractivity contribution in [3.63, 3.8) is 0 Å². The van der Waals surface area contributed by atoms with Crippen molar-refractivity contribution in [2.24, 2.45) is 0 Å². The number of nitrogens with one attached hydrogen (secondary N) is 3. The number of fused-ring (bicyclic) bond motifs is 4. The van der Waals surface area contributed by atoms with Crippen LogP contribution in [0.25, 0.3) is 22.3 Å². The third kappa shape index (κ3) is 18.1. The van der Waals surface area contributed by atoms with E-state index < -0.39 is 68.4 Å². The van der Waals surface area contributed by atoms with Gasteiger partial charge in [-0.1, -0.05) is 146 Å². The lowest BCUT2D eigenvalue weighted by molar-refractivity contribution is -0.120. The molecule has 0 bridgehead atoms. The highest BCUT2D eigenvalue weighted by Crippen LogP contribution is 2.47. The Morgan fingerprint density at radius 3 is 2.07 bits per heavy atom. The molecule has 6 atom stereocenters. The first-order valence-electron chi connectivity index (χ1n) is 34.5. The van der Waals surface area contributed by atoms with Crippen molar-refractivity contribution in [2.45, 2.75) is 94.5 Å². The quantitative estimate of drug-likeness (QED) is 0.0165. The van der Waals surface area contributed by atoms with Crippen molar-refractivity contribution >= 4 is 55.2 Å². The highest BCUT2D eigenvalue weighted by Gasteiger charge is 2.41. The molecule has 6 unspecified atom stereocenters. The van der Waals surface area contributed by atoms with Gasteiger partial charge < -0.3 is 67.9 Å². The number of hydrogen-bond acceptors (Lipinski definition) is 20. The van der Waals surface area contributed by atoms with Crippen LogP contribution in [0.3, 0.4) is 0 Å². The van der Waals surface area contributed by atoms with Crippen LogP contribution in [0, 0.1) is 11.3 Å². The van der Waals surface area contributed by atoms with E-state index in [9.17, 15) is 34.3 Å². The number of amides is 4. The summed E-state index contributed by atoms with van der Waals surface area (Å²) in [5, 5.41) is 29.5. The van der Waals surface area contributed by atoms with Crippen LogP contribution in [0.1, 0.15) is 94.1 Å². The van der Waals surface area contributed by atoms with Crippen LogP contribution in [0.15, 0.2) is 212 Å². The van der Waals surface area contributed by atoms with Crippen LogP contribution in [0.2, 0.25) is 0 Å². The van der Waals surface area contributed by atoms with Crippen molar-refractivity contribution in [3.05, 3.63) is 262 Å². The number of aliphatic hydroxyl groups excluding tert-OH is 1. The fourth-order valence-electron chi connectivity index (χ4n) is 12.7. The molecule has 10 aromatic rings. The third-order valence-corrected chi connectivity index (χ3v) is 19.6. The lowest BCUT2D eigenvalue weighted by atomic mass is 9.80. The minimum absolute atomic E-state index is 0.00286. The molecule has 2 aliphatic rings. The Morgan fingerprint density at radius 1 is 0.755 bits per heavy atom. The number of methoxy groups -OCH3 is 2. The molecule has 0 radical (unpaired) electrons. The van der Waals surface area contributed by atoms with E-state index in [-0.39, 0.29) is 101 Å². The molecule has 106 heavy (non-hydrogen) atoms. The number of carbonyl (C=O) groups is 4. The molecule has 1 fully saturated rings. The number of ether oxygens (including phenoxy) is 6. The van der Waals surface area contributed by atoms with E-state index in [1.165, 1.54) is 34.4 Å². The minimum atomic E-state index is -2.36. The lowest BCUT2D eigenvalue weighted by Gasteiger charge is -2.38. The largest absolute Gasteiger partial charge is 0.497 e. The fraction of sp³-hybridized carbons (Fsp3) is 0.291. The zero-order chi connectivity index (χ0) is 73.9. The number of hydrogen-bond donors (Lipinski definition) is 4. The van der Waals surface area contributed by atoms with Crippen molar-refractivity contribution in [1.82, 2.24) is 39.3 Å². The van der Waals surface area contributed by atoms with Gasteiger partial charge in [-0.3, -0.25) is 23.5 Å². The van der Waals surface area contributed by atoms with E-state index in [4.69, 9.17) is 42.0 Å². The maximum atomic E-state index is 13.8. The summed E-state index contributed by atoms with van der Waals surface area (Å²) >= 11 is 0. The smallest absolute Gasteiger partial charge is 0.409 e. The molecule has 4 heterocycles. The zero-order valence-corrected chi connectivity index (χ0v) is 59.7. The summed E-state index contributed by atoms with van der Waals surface area (Å²) in [6.45, 7) is 1.68. The van der Waals surface area contributed by atoms with Gasteiger partial charge in [0.25, 0.3) is 5.91 Å². The Bertz CT molecular complexity index is 4650. The normalized spacial score (nSPS) is 15.5. The molecular weight excluding hydrogens is 1370 g/mol. The fourth-order valence-corrected chi connectivity index (χ4v) is 13.8. The van der Waals surface area contributed by atoms with E-state index in [1.807, 2.05) is 133 Å². The number of aliphatic hydroxyl groups is 1. The molecule has 546 valence electrons. The first-order chi connectivity index (χ1) is 51.7. The number of nitriles is 1. The topological polar surface area (TPSA) is 313 Å². The Morgan fingerprint density at radius 2 is 1.41 bits per heavy atom. The molecule has 27 heteroatoms. The van der Waals surface area contributed by atoms with E-state index >= 15 is 0 Å². The molecule has 0 saturated carbocycles. The third-order valence-electron chi connectivity index (χ3n) is 18.3. The van der Waals surface area contributed by atoms with Crippen LogP contribution in [0.4, 0.5) is 16.4 Å². The summed E-state index contributed by atoms with van der Waals surface area (Å²) in [5.41, 5.74) is 7.25. The van der Waals surface area contributed by atoms with Gasteiger partial charge in [-0.05, 0) is 106 Å². The van der Waals surface area contributed by atoms with Gasteiger partial charge in [0, 0.05) is 50.7 Å². The first-order valence-corrected chi connectivity index (χ1v) is 35.6. The van der Waals surface area contributed by atoms with Crippen LogP contribution >= 0.6 is 8.60 Å². The molecule has 4 N–H and O–H groups in total. The monoisotopic (exact) mass is 1450 g/mol. The molecule has 7 aromatic carbocycles. The van der Waals surface area contributed by atoms with Crippen molar-refractivity contribution < 1.29 is 66.3 Å². The molecule has 12 rings (SSSR count). The molecule has 26 nitrogen and oxygen atoms in total. The van der Waals surface area contributed by atoms with Gasteiger partial charge in [0.1, 0.15) is 61.0 Å². The molecule has 3 aromatic heterocycles. The van der Waals surface area contributed by atoms with Gasteiger partial charge in [0.2, 0.25) is 11.8 Å². The summed E-state index contributed by atoms with van der Waals surface area (Å²) in [6, 6.07) is 60.8. The standard InChI is InChI=1S/C79H80N11O15P/c1-52(105-106(102-42-16-39-80)103-48-68-66(91)44-72(104-68)90-41-38-69(86-77(90)95)85-70(92)25-15-40-88(2)78(96)99-46-65-63-23-13-11-21-61(63)62-22-12-14-24-64(62)65)67(47-101-79(56-19-9-6-10-20-56,57-30-34-59(97-3)35-31-57)58-32-36-60(98-4)37-33-58)100-51-89-50-84-73-74(82-49-83-75(73)89)87-76(94)55-28-26-54(27-29-55)45-81-71(93)43-53-17-7-5-8-18-53/h5-14,17-24,26-38,41,49-50,52,65-68,72,91H,15-16,25,40,42-48,51H2,1-4H3,(H,81,93)(H,82,83,87,94)(H,85,86,92,95). The summed E-state index contributed by atoms with van der Waals surface area (Å²) in [6.07, 6.45) is -0.853. The predicted octanol–water partition coefficient (Wildman–Crippen LogP) is 11.4. The molecule has 1 aliphatic carbocycles. The van der Waals surface area contributed by atoms with Crippen LogP contribution in [-0.2, 0) is 67.4 Å². The summed E-state index contributed by atoms with van der Waals surface area (Å²) in [5.74, 6) is 0.284. The molecule has 0 spiro atoms. The molecule has 1 aliphatic heterocycles.